The van der Waals surface area contributed by atoms with Crippen molar-refractivity contribution in [3.8, 4) is 5.75 Å². The van der Waals surface area contributed by atoms with Crippen LogP contribution >= 0.6 is 11.8 Å². The summed E-state index contributed by atoms with van der Waals surface area (Å²) < 4.78 is 5.22. The second-order valence-corrected chi connectivity index (χ2v) is 7.24. The number of carbonyl (C=O) groups excluding carboxylic acids is 1. The van der Waals surface area contributed by atoms with E-state index in [1.54, 1.807) is 7.11 Å². The van der Waals surface area contributed by atoms with Crippen molar-refractivity contribution in [2.45, 2.75) is 24.3 Å². The topological polar surface area (TPSA) is 84.1 Å². The first-order chi connectivity index (χ1) is 13.5. The van der Waals surface area contributed by atoms with Crippen molar-refractivity contribution in [3.63, 3.8) is 0 Å². The van der Waals surface area contributed by atoms with Gasteiger partial charge in [0.1, 0.15) is 5.75 Å². The number of ether oxygens (including phenoxy) is 1. The van der Waals surface area contributed by atoms with Crippen molar-refractivity contribution in [2.75, 3.05) is 12.4 Å². The van der Waals surface area contributed by atoms with Crippen LogP contribution in [0, 0.1) is 6.92 Å². The van der Waals surface area contributed by atoms with Crippen LogP contribution in [-0.2, 0) is 17.0 Å². The number of anilines is 1. The van der Waals surface area contributed by atoms with Gasteiger partial charge in [-0.25, -0.2) is 4.98 Å². The Kier molecular flexibility index (Phi) is 6.49. The number of carbonyl (C=O) groups is 1. The molecule has 2 N–H and O–H groups in total. The van der Waals surface area contributed by atoms with E-state index in [9.17, 15) is 9.59 Å². The lowest BCUT2D eigenvalue weighted by molar-refractivity contribution is -0.115. The molecule has 3 rings (SSSR count). The van der Waals surface area contributed by atoms with Crippen LogP contribution in [0.2, 0.25) is 0 Å². The van der Waals surface area contributed by atoms with Gasteiger partial charge in [0.05, 0.1) is 19.2 Å². The number of benzene rings is 2. The number of aromatic nitrogens is 2. The largest absolute Gasteiger partial charge is 0.497 e. The van der Waals surface area contributed by atoms with Crippen molar-refractivity contribution in [1.29, 1.82) is 0 Å². The highest BCUT2D eigenvalue weighted by Crippen LogP contribution is 2.21. The molecule has 0 radical (unpaired) electrons. The van der Waals surface area contributed by atoms with Gasteiger partial charge in [0, 0.05) is 17.5 Å². The Balaban J connectivity index is 1.64. The smallest absolute Gasteiger partial charge is 0.251 e. The molecule has 0 aliphatic rings. The standard InChI is InChI=1S/C21H21N3O3S/c1-14-6-8-16(9-7-14)22-19(25)11-17-12-20(26)24-21(23-17)28-13-15-4-3-5-18(10-15)27-2/h3-10,12H,11,13H2,1-2H3,(H,22,25)(H,23,24,26). The minimum absolute atomic E-state index is 0.0323. The van der Waals surface area contributed by atoms with Crippen LogP contribution in [0.1, 0.15) is 16.8 Å². The molecular formula is C21H21N3O3S. The zero-order valence-electron chi connectivity index (χ0n) is 15.7. The Hall–Kier alpha value is -3.06. The van der Waals surface area contributed by atoms with Gasteiger partial charge in [-0.05, 0) is 36.8 Å². The lowest BCUT2D eigenvalue weighted by atomic mass is 10.2. The second kappa shape index (κ2) is 9.23. The van der Waals surface area contributed by atoms with Crippen molar-refractivity contribution in [1.82, 2.24) is 9.97 Å². The molecule has 7 heteroatoms. The molecule has 0 aliphatic heterocycles. The number of H-pyrrole nitrogens is 1. The molecule has 0 spiro atoms. The van der Waals surface area contributed by atoms with Crippen molar-refractivity contribution in [3.05, 3.63) is 81.8 Å². The van der Waals surface area contributed by atoms with E-state index in [4.69, 9.17) is 4.74 Å². The van der Waals surface area contributed by atoms with Gasteiger partial charge in [-0.3, -0.25) is 9.59 Å². The SMILES string of the molecule is COc1cccc(CSc2nc(CC(=O)Nc3ccc(C)cc3)cc(=O)[nH]2)c1. The highest BCUT2D eigenvalue weighted by molar-refractivity contribution is 7.98. The third-order valence-electron chi connectivity index (χ3n) is 3.96. The summed E-state index contributed by atoms with van der Waals surface area (Å²) in [6.45, 7) is 1.98. The maximum atomic E-state index is 12.3. The number of aromatic amines is 1. The van der Waals surface area contributed by atoms with Crippen molar-refractivity contribution < 1.29 is 9.53 Å². The third-order valence-corrected chi connectivity index (χ3v) is 4.90. The summed E-state index contributed by atoms with van der Waals surface area (Å²) in [5, 5.41) is 3.30. The fourth-order valence-electron chi connectivity index (χ4n) is 2.56. The van der Waals surface area contributed by atoms with Crippen LogP contribution in [0.3, 0.4) is 0 Å². The zero-order valence-corrected chi connectivity index (χ0v) is 16.5. The molecular weight excluding hydrogens is 374 g/mol. The van der Waals surface area contributed by atoms with Gasteiger partial charge in [0.25, 0.3) is 5.56 Å². The van der Waals surface area contributed by atoms with Gasteiger partial charge in [-0.2, -0.15) is 0 Å². The number of amides is 1. The highest BCUT2D eigenvalue weighted by atomic mass is 32.2. The molecule has 0 saturated heterocycles. The van der Waals surface area contributed by atoms with Crippen LogP contribution in [0.5, 0.6) is 5.75 Å². The first kappa shape index (κ1) is 19.7. The summed E-state index contributed by atoms with van der Waals surface area (Å²) in [5.74, 6) is 1.19. The fraction of sp³-hybridized carbons (Fsp3) is 0.190. The third kappa shape index (κ3) is 5.72. The van der Waals surface area contributed by atoms with E-state index >= 15 is 0 Å². The van der Waals surface area contributed by atoms with Crippen molar-refractivity contribution >= 4 is 23.4 Å². The first-order valence-corrected chi connectivity index (χ1v) is 9.73. The first-order valence-electron chi connectivity index (χ1n) is 8.74. The Bertz CT molecular complexity index is 1020. The summed E-state index contributed by atoms with van der Waals surface area (Å²) in [6, 6.07) is 16.6. The van der Waals surface area contributed by atoms with Gasteiger partial charge in [-0.1, -0.05) is 41.6 Å². The van der Waals surface area contributed by atoms with E-state index < -0.39 is 0 Å². The number of methoxy groups -OCH3 is 1. The Morgan fingerprint density at radius 2 is 1.96 bits per heavy atom. The predicted octanol–water partition coefficient (Wildman–Crippen LogP) is 3.56. The van der Waals surface area contributed by atoms with Crippen molar-refractivity contribution in [2.24, 2.45) is 0 Å². The van der Waals surface area contributed by atoms with E-state index in [0.717, 1.165) is 16.9 Å². The monoisotopic (exact) mass is 395 g/mol. The predicted molar refractivity (Wildman–Crippen MR) is 111 cm³/mol. The van der Waals surface area contributed by atoms with Gasteiger partial charge < -0.3 is 15.0 Å². The molecule has 1 heterocycles. The van der Waals surface area contributed by atoms with Crippen LogP contribution < -0.4 is 15.6 Å². The number of rotatable bonds is 7. The highest BCUT2D eigenvalue weighted by Gasteiger charge is 2.09. The van der Waals surface area contributed by atoms with E-state index in [0.29, 0.717) is 22.3 Å². The second-order valence-electron chi connectivity index (χ2n) is 6.27. The number of thioether (sulfide) groups is 1. The molecule has 2 aromatic carbocycles. The van der Waals surface area contributed by atoms with E-state index in [-0.39, 0.29) is 17.9 Å². The zero-order chi connectivity index (χ0) is 19.9. The number of hydrogen-bond acceptors (Lipinski definition) is 5. The molecule has 28 heavy (non-hydrogen) atoms. The molecule has 0 bridgehead atoms. The maximum absolute atomic E-state index is 12.3. The molecule has 0 unspecified atom stereocenters. The lowest BCUT2D eigenvalue weighted by Gasteiger charge is -2.07. The van der Waals surface area contributed by atoms with Crippen LogP contribution in [0.25, 0.3) is 0 Å². The Labute approximate surface area is 167 Å². The molecule has 0 fully saturated rings. The van der Waals surface area contributed by atoms with Gasteiger partial charge in [0.15, 0.2) is 5.16 Å². The summed E-state index contributed by atoms with van der Waals surface area (Å²) in [4.78, 5) is 31.3. The molecule has 0 aliphatic carbocycles. The van der Waals surface area contributed by atoms with Crippen LogP contribution in [-0.4, -0.2) is 23.0 Å². The number of hydrogen-bond donors (Lipinski definition) is 2. The van der Waals surface area contributed by atoms with Crippen LogP contribution in [0.4, 0.5) is 5.69 Å². The summed E-state index contributed by atoms with van der Waals surface area (Å²) >= 11 is 1.40. The average Bonchev–Trinajstić information content (AvgIpc) is 2.68. The van der Waals surface area contributed by atoms with E-state index in [1.807, 2.05) is 55.5 Å². The van der Waals surface area contributed by atoms with Crippen LogP contribution in [0.15, 0.2) is 64.5 Å². The van der Waals surface area contributed by atoms with E-state index in [1.165, 1.54) is 17.8 Å². The molecule has 1 amide bonds. The molecule has 0 saturated carbocycles. The van der Waals surface area contributed by atoms with Gasteiger partial charge in [0.2, 0.25) is 5.91 Å². The summed E-state index contributed by atoms with van der Waals surface area (Å²) in [5.41, 5.74) is 3.04. The quantitative estimate of drug-likeness (QED) is 0.472. The fourth-order valence-corrected chi connectivity index (χ4v) is 3.40. The number of nitrogens with zero attached hydrogens (tertiary/aromatic N) is 1. The average molecular weight is 395 g/mol. The summed E-state index contributed by atoms with van der Waals surface area (Å²) in [6.07, 6.45) is 0.0323. The Morgan fingerprint density at radius 1 is 1.18 bits per heavy atom. The minimum Gasteiger partial charge on any atom is -0.497 e. The molecule has 6 nitrogen and oxygen atoms in total. The molecule has 0 atom stereocenters. The molecule has 3 aromatic rings. The Morgan fingerprint density at radius 3 is 2.71 bits per heavy atom. The van der Waals surface area contributed by atoms with Gasteiger partial charge >= 0.3 is 0 Å². The normalized spacial score (nSPS) is 10.5. The van der Waals surface area contributed by atoms with E-state index in [2.05, 4.69) is 15.3 Å². The lowest BCUT2D eigenvalue weighted by Crippen LogP contribution is -2.18. The number of nitrogens with one attached hydrogen (secondary N) is 2. The summed E-state index contributed by atoms with van der Waals surface area (Å²) in [7, 11) is 1.62. The minimum atomic E-state index is -0.277. The van der Waals surface area contributed by atoms with Gasteiger partial charge in [-0.15, -0.1) is 0 Å². The number of aryl methyl sites for hydroxylation is 1. The molecule has 1 aromatic heterocycles. The molecule has 144 valence electrons. The maximum Gasteiger partial charge on any atom is 0.251 e.